The maximum Gasteiger partial charge on any atom is 0.162 e. The molecule has 2 aromatic rings. The summed E-state index contributed by atoms with van der Waals surface area (Å²) in [6.45, 7) is 3.68. The minimum Gasteiger partial charge on any atom is -0.457 e. The van der Waals surface area contributed by atoms with Crippen molar-refractivity contribution in [3.63, 3.8) is 0 Å². The Morgan fingerprint density at radius 1 is 1.05 bits per heavy atom. The van der Waals surface area contributed by atoms with Crippen molar-refractivity contribution in [2.24, 2.45) is 0 Å². The van der Waals surface area contributed by atoms with Gasteiger partial charge in [0.1, 0.15) is 11.5 Å². The lowest BCUT2D eigenvalue weighted by Gasteiger charge is -2.11. The Hall–Kier alpha value is -1.94. The van der Waals surface area contributed by atoms with Gasteiger partial charge < -0.3 is 10.1 Å². The summed E-state index contributed by atoms with van der Waals surface area (Å²) in [5, 5.41) is 3.28. The first-order valence-corrected chi connectivity index (χ1v) is 6.62. The van der Waals surface area contributed by atoms with E-state index >= 15 is 0 Å². The predicted octanol–water partition coefficient (Wildman–Crippen LogP) is 4.26. The molecule has 106 valence electrons. The van der Waals surface area contributed by atoms with Crippen molar-refractivity contribution in [3.05, 3.63) is 59.7 Å². The van der Waals surface area contributed by atoms with Crippen LogP contribution < -0.4 is 10.1 Å². The van der Waals surface area contributed by atoms with Gasteiger partial charge in [-0.15, -0.1) is 0 Å². The standard InChI is InChI=1S/C16H17F2NO/c1-2-9-19-11-12-5-3-4-6-16(12)20-13-7-8-14(17)15(18)10-13/h3-8,10,19H,2,9,11H2,1H3. The summed E-state index contributed by atoms with van der Waals surface area (Å²) in [5.41, 5.74) is 0.977. The van der Waals surface area contributed by atoms with Gasteiger partial charge in [0.15, 0.2) is 11.6 Å². The zero-order valence-electron chi connectivity index (χ0n) is 11.3. The molecule has 0 saturated carbocycles. The van der Waals surface area contributed by atoms with Gasteiger partial charge in [-0.3, -0.25) is 0 Å². The van der Waals surface area contributed by atoms with Gasteiger partial charge in [-0.25, -0.2) is 8.78 Å². The Kier molecular flexibility index (Phi) is 5.07. The molecule has 0 atom stereocenters. The van der Waals surface area contributed by atoms with Crippen LogP contribution in [0.25, 0.3) is 0 Å². The first-order valence-electron chi connectivity index (χ1n) is 6.62. The third-order valence-corrected chi connectivity index (χ3v) is 2.83. The highest BCUT2D eigenvalue weighted by atomic mass is 19.2. The fraction of sp³-hybridized carbons (Fsp3) is 0.250. The first-order chi connectivity index (χ1) is 9.70. The van der Waals surface area contributed by atoms with E-state index < -0.39 is 11.6 Å². The molecule has 2 rings (SSSR count). The van der Waals surface area contributed by atoms with E-state index in [1.54, 1.807) is 0 Å². The predicted molar refractivity (Wildman–Crippen MR) is 74.9 cm³/mol. The molecule has 20 heavy (non-hydrogen) atoms. The van der Waals surface area contributed by atoms with Gasteiger partial charge in [-0.05, 0) is 31.2 Å². The van der Waals surface area contributed by atoms with Gasteiger partial charge in [-0.2, -0.15) is 0 Å². The summed E-state index contributed by atoms with van der Waals surface area (Å²) in [4.78, 5) is 0. The molecule has 0 spiro atoms. The van der Waals surface area contributed by atoms with Crippen LogP contribution in [0.5, 0.6) is 11.5 Å². The minimum atomic E-state index is -0.913. The number of hydrogen-bond acceptors (Lipinski definition) is 2. The molecule has 0 aliphatic heterocycles. The maximum atomic E-state index is 13.2. The summed E-state index contributed by atoms with van der Waals surface area (Å²) >= 11 is 0. The van der Waals surface area contributed by atoms with E-state index in [4.69, 9.17) is 4.74 Å². The van der Waals surface area contributed by atoms with E-state index in [0.29, 0.717) is 12.3 Å². The number of ether oxygens (including phenoxy) is 1. The second-order valence-corrected chi connectivity index (χ2v) is 4.46. The van der Waals surface area contributed by atoms with Crippen molar-refractivity contribution in [1.82, 2.24) is 5.32 Å². The van der Waals surface area contributed by atoms with E-state index in [1.807, 2.05) is 24.3 Å². The van der Waals surface area contributed by atoms with Crippen LogP contribution in [0.2, 0.25) is 0 Å². The van der Waals surface area contributed by atoms with Crippen molar-refractivity contribution in [3.8, 4) is 11.5 Å². The molecule has 0 aliphatic carbocycles. The zero-order chi connectivity index (χ0) is 14.4. The van der Waals surface area contributed by atoms with E-state index in [2.05, 4.69) is 12.2 Å². The van der Waals surface area contributed by atoms with E-state index in [0.717, 1.165) is 30.7 Å². The lowest BCUT2D eigenvalue weighted by molar-refractivity contribution is 0.455. The van der Waals surface area contributed by atoms with Crippen LogP contribution in [-0.4, -0.2) is 6.54 Å². The molecule has 0 aromatic heterocycles. The third kappa shape index (κ3) is 3.78. The number of benzene rings is 2. The molecule has 0 radical (unpaired) electrons. The second kappa shape index (κ2) is 7.01. The van der Waals surface area contributed by atoms with Crippen LogP contribution in [-0.2, 0) is 6.54 Å². The van der Waals surface area contributed by atoms with Gasteiger partial charge >= 0.3 is 0 Å². The summed E-state index contributed by atoms with van der Waals surface area (Å²) in [6, 6.07) is 11.0. The van der Waals surface area contributed by atoms with Crippen molar-refractivity contribution in [2.45, 2.75) is 19.9 Å². The molecule has 4 heteroatoms. The highest BCUT2D eigenvalue weighted by Crippen LogP contribution is 2.26. The molecule has 2 aromatic carbocycles. The first kappa shape index (κ1) is 14.5. The maximum absolute atomic E-state index is 13.2. The average molecular weight is 277 g/mol. The van der Waals surface area contributed by atoms with Gasteiger partial charge in [0.25, 0.3) is 0 Å². The molecule has 1 N–H and O–H groups in total. The molecule has 0 bridgehead atoms. The highest BCUT2D eigenvalue weighted by molar-refractivity contribution is 5.38. The van der Waals surface area contributed by atoms with E-state index in [9.17, 15) is 8.78 Å². The minimum absolute atomic E-state index is 0.284. The Morgan fingerprint density at radius 3 is 2.60 bits per heavy atom. The number of para-hydroxylation sites is 1. The topological polar surface area (TPSA) is 21.3 Å². The largest absolute Gasteiger partial charge is 0.457 e. The van der Waals surface area contributed by atoms with Crippen molar-refractivity contribution >= 4 is 0 Å². The molecular formula is C16H17F2NO. The average Bonchev–Trinajstić information content (AvgIpc) is 2.45. The van der Waals surface area contributed by atoms with Gasteiger partial charge in [0.05, 0.1) is 0 Å². The normalized spacial score (nSPS) is 10.6. The van der Waals surface area contributed by atoms with Gasteiger partial charge in [0.2, 0.25) is 0 Å². The summed E-state index contributed by atoms with van der Waals surface area (Å²) in [5.74, 6) is -0.867. The van der Waals surface area contributed by atoms with Crippen molar-refractivity contribution < 1.29 is 13.5 Å². The van der Waals surface area contributed by atoms with Crippen LogP contribution in [0, 0.1) is 11.6 Å². The number of hydrogen-bond donors (Lipinski definition) is 1. The smallest absolute Gasteiger partial charge is 0.162 e. The number of nitrogens with one attached hydrogen (secondary N) is 1. The zero-order valence-corrected chi connectivity index (χ0v) is 11.3. The van der Waals surface area contributed by atoms with Crippen LogP contribution in [0.1, 0.15) is 18.9 Å². The quantitative estimate of drug-likeness (QED) is 0.797. The molecule has 0 unspecified atom stereocenters. The Morgan fingerprint density at radius 2 is 1.85 bits per heavy atom. The Balaban J connectivity index is 2.13. The van der Waals surface area contributed by atoms with Gasteiger partial charge in [0, 0.05) is 18.2 Å². The van der Waals surface area contributed by atoms with Crippen LogP contribution in [0.4, 0.5) is 8.78 Å². The molecule has 0 amide bonds. The van der Waals surface area contributed by atoms with Gasteiger partial charge in [-0.1, -0.05) is 25.1 Å². The molecule has 2 nitrogen and oxygen atoms in total. The molecule has 0 fully saturated rings. The fourth-order valence-corrected chi connectivity index (χ4v) is 1.82. The van der Waals surface area contributed by atoms with Crippen molar-refractivity contribution in [1.29, 1.82) is 0 Å². The second-order valence-electron chi connectivity index (χ2n) is 4.46. The summed E-state index contributed by atoms with van der Waals surface area (Å²) in [7, 11) is 0. The summed E-state index contributed by atoms with van der Waals surface area (Å²) < 4.78 is 31.7. The van der Waals surface area contributed by atoms with E-state index in [1.165, 1.54) is 6.07 Å². The monoisotopic (exact) mass is 277 g/mol. The number of halogens is 2. The Labute approximate surface area is 117 Å². The number of rotatable bonds is 6. The van der Waals surface area contributed by atoms with Crippen LogP contribution in [0.15, 0.2) is 42.5 Å². The SMILES string of the molecule is CCCNCc1ccccc1Oc1ccc(F)c(F)c1. The molecule has 0 aliphatic rings. The summed E-state index contributed by atoms with van der Waals surface area (Å²) in [6.07, 6.45) is 1.05. The third-order valence-electron chi connectivity index (χ3n) is 2.83. The fourth-order valence-electron chi connectivity index (χ4n) is 1.82. The van der Waals surface area contributed by atoms with Crippen molar-refractivity contribution in [2.75, 3.05) is 6.54 Å². The molecular weight excluding hydrogens is 260 g/mol. The van der Waals surface area contributed by atoms with Crippen LogP contribution >= 0.6 is 0 Å². The lowest BCUT2D eigenvalue weighted by atomic mass is 10.2. The van der Waals surface area contributed by atoms with Crippen LogP contribution in [0.3, 0.4) is 0 Å². The van der Waals surface area contributed by atoms with E-state index in [-0.39, 0.29) is 5.75 Å². The lowest BCUT2D eigenvalue weighted by Crippen LogP contribution is -2.14. The molecule has 0 heterocycles. The Bertz CT molecular complexity index is 572. The molecule has 0 saturated heterocycles. The highest BCUT2D eigenvalue weighted by Gasteiger charge is 2.07.